The van der Waals surface area contributed by atoms with Crippen molar-refractivity contribution in [3.8, 4) is 0 Å². The van der Waals surface area contributed by atoms with Crippen LogP contribution in [0.15, 0.2) is 0 Å². The molecule has 8 heteroatoms. The van der Waals surface area contributed by atoms with Crippen LogP contribution in [0.4, 0.5) is 0 Å². The van der Waals surface area contributed by atoms with Gasteiger partial charge in [0.25, 0.3) is 0 Å². The van der Waals surface area contributed by atoms with E-state index in [-0.39, 0.29) is 30.4 Å². The number of hydrogen-bond donors (Lipinski definition) is 1. The summed E-state index contributed by atoms with van der Waals surface area (Å²) in [6, 6.07) is 0. The van der Waals surface area contributed by atoms with Gasteiger partial charge in [-0.25, -0.2) is 0 Å². The largest absolute Gasteiger partial charge is 2.00 e. The average Bonchev–Trinajstić information content (AvgIpc) is 0.722. The maximum atomic E-state index is 8.66. The molecule has 0 radical (unpaired) electrons. The Hall–Kier alpha value is 0.653. The zero-order valence-corrected chi connectivity index (χ0v) is 7.69. The van der Waals surface area contributed by atoms with E-state index >= 15 is 0 Å². The molecule has 0 aliphatic heterocycles. The zero-order chi connectivity index (χ0) is 4.50. The molecule has 0 aromatic rings. The van der Waals surface area contributed by atoms with E-state index < -0.39 is 7.82 Å². The van der Waals surface area contributed by atoms with E-state index in [1.165, 1.54) is 0 Å². The van der Waals surface area contributed by atoms with Crippen molar-refractivity contribution in [2.45, 2.75) is 0 Å². The zero-order valence-electron chi connectivity index (χ0n) is 3.83. The first kappa shape index (κ1) is 23.4. The van der Waals surface area contributed by atoms with Gasteiger partial charge in [0.1, 0.15) is 0 Å². The molecule has 0 fully saturated rings. The monoisotopic (exact) mass is 196 g/mol. The Bertz CT molecular complexity index is 54.7. The fourth-order valence-electron chi connectivity index (χ4n) is 0. The van der Waals surface area contributed by atoms with Crippen molar-refractivity contribution in [1.82, 2.24) is 0 Å². The van der Waals surface area contributed by atoms with Crippen LogP contribution in [0.3, 0.4) is 0 Å². The molecule has 0 amide bonds. The van der Waals surface area contributed by atoms with E-state index in [4.69, 9.17) is 19.2 Å². The van der Waals surface area contributed by atoms with E-state index in [1.54, 1.807) is 0 Å². The van der Waals surface area contributed by atoms with Gasteiger partial charge in [0.05, 0.1) is 7.82 Å². The van der Waals surface area contributed by atoms with Gasteiger partial charge in [0.15, 0.2) is 0 Å². The molecule has 0 heterocycles. The summed E-state index contributed by atoms with van der Waals surface area (Å²) >= 11 is 0. The van der Waals surface area contributed by atoms with E-state index in [0.717, 1.165) is 0 Å². The van der Waals surface area contributed by atoms with Gasteiger partial charge in [0.2, 0.25) is 0 Å². The quantitative estimate of drug-likeness (QED) is 0.313. The van der Waals surface area contributed by atoms with E-state index in [0.29, 0.717) is 0 Å². The Kier molecular flexibility index (Phi) is 22.4. The Labute approximate surface area is 58.2 Å². The van der Waals surface area contributed by atoms with E-state index in [9.17, 15) is 0 Å². The number of phosphoric acid groups is 1. The topological polar surface area (TPSA) is 146 Å². The van der Waals surface area contributed by atoms with Gasteiger partial charge >= 0.3 is 19.5 Å². The van der Waals surface area contributed by atoms with E-state index in [1.807, 2.05) is 0 Å². The van der Waals surface area contributed by atoms with Crippen molar-refractivity contribution in [1.29, 1.82) is 0 Å². The van der Waals surface area contributed by atoms with Gasteiger partial charge in [-0.3, -0.25) is 0 Å². The van der Waals surface area contributed by atoms with Crippen molar-refractivity contribution in [2.24, 2.45) is 0 Å². The predicted molar refractivity (Wildman–Crippen MR) is 17.1 cm³/mol. The summed E-state index contributed by atoms with van der Waals surface area (Å²) in [5.41, 5.74) is 0. The predicted octanol–water partition coefficient (Wildman–Crippen LogP) is -3.84. The molecule has 0 aromatic carbocycles. The molecule has 0 rings (SSSR count). The van der Waals surface area contributed by atoms with Crippen molar-refractivity contribution in [3.63, 3.8) is 0 Å². The fourth-order valence-corrected chi connectivity index (χ4v) is 0. The van der Waals surface area contributed by atoms with Gasteiger partial charge in [-0.1, -0.05) is 0 Å². The van der Waals surface area contributed by atoms with Gasteiger partial charge in [-0.2, -0.15) is 0 Å². The minimum absolute atomic E-state index is 0. The first-order chi connectivity index (χ1) is 2.00. The van der Waals surface area contributed by atoms with Gasteiger partial charge in [-0.05, 0) is 0 Å². The van der Waals surface area contributed by atoms with Crippen LogP contribution < -0.4 is 9.79 Å². The molecule has 0 saturated heterocycles. The smallest absolute Gasteiger partial charge is 0.790 e. The third-order valence-corrected chi connectivity index (χ3v) is 0. The van der Waals surface area contributed by atoms with Gasteiger partial charge < -0.3 is 30.2 Å². The fraction of sp³-hybridized carbons (Fsp3) is 0. The van der Waals surface area contributed by atoms with Crippen LogP contribution in [-0.2, 0) is 24.0 Å². The Morgan fingerprint density at radius 1 is 1.25 bits per heavy atom. The summed E-state index contributed by atoms with van der Waals surface area (Å²) in [5.74, 6) is 0. The summed E-state index contributed by atoms with van der Waals surface area (Å²) in [7, 11) is -5.14. The molecule has 8 heavy (non-hydrogen) atoms. The van der Waals surface area contributed by atoms with E-state index in [2.05, 4.69) is 0 Å². The Morgan fingerprint density at radius 3 is 1.25 bits per heavy atom. The summed E-state index contributed by atoms with van der Waals surface area (Å²) in [6.07, 6.45) is 0. The molecule has 0 unspecified atom stereocenters. The molecule has 5 N–H and O–H groups in total. The SMILES string of the molecule is O.O.O=P([O-])([O-])O.[Zn+2]. The van der Waals surface area contributed by atoms with Crippen LogP contribution in [-0.4, -0.2) is 15.8 Å². The molecular formula is H5O6PZn. The molecule has 0 saturated carbocycles. The molecular weight excluding hydrogens is 192 g/mol. The summed E-state index contributed by atoms with van der Waals surface area (Å²) in [5, 5.41) is 0. The maximum Gasteiger partial charge on any atom is 2.00 e. The Balaban J connectivity index is -0.0000000267. The molecule has 0 spiro atoms. The van der Waals surface area contributed by atoms with Crippen LogP contribution in [0.1, 0.15) is 0 Å². The van der Waals surface area contributed by atoms with Crippen molar-refractivity contribution in [3.05, 3.63) is 0 Å². The minimum atomic E-state index is -5.14. The van der Waals surface area contributed by atoms with Gasteiger partial charge in [-0.15, -0.1) is 0 Å². The third kappa shape index (κ3) is 498. The van der Waals surface area contributed by atoms with Crippen LogP contribution in [0.5, 0.6) is 0 Å². The molecule has 0 bridgehead atoms. The van der Waals surface area contributed by atoms with Crippen molar-refractivity contribution in [2.75, 3.05) is 0 Å². The molecule has 0 aromatic heterocycles. The summed E-state index contributed by atoms with van der Waals surface area (Å²) in [6.45, 7) is 0. The normalized spacial score (nSPS) is 7.38. The molecule has 0 aliphatic rings. The second-order valence-electron chi connectivity index (χ2n) is 0.469. The standard InChI is InChI=1S/H3O4P.2H2O.Zn/c1-5(2,3)4;;;/h(H3,1,2,3,4);2*1H2;/q;;;+2/p-2. The van der Waals surface area contributed by atoms with Crippen LogP contribution >= 0.6 is 7.82 Å². The maximum absolute atomic E-state index is 8.66. The van der Waals surface area contributed by atoms with Crippen molar-refractivity contribution >= 4 is 7.82 Å². The Morgan fingerprint density at radius 2 is 1.25 bits per heavy atom. The molecule has 0 aliphatic carbocycles. The number of rotatable bonds is 0. The summed E-state index contributed by atoms with van der Waals surface area (Å²) < 4.78 is 8.66. The third-order valence-electron chi connectivity index (χ3n) is 0. The van der Waals surface area contributed by atoms with Crippen molar-refractivity contribution < 1.29 is 49.7 Å². The molecule has 6 nitrogen and oxygen atoms in total. The number of hydrogen-bond acceptors (Lipinski definition) is 3. The summed E-state index contributed by atoms with van der Waals surface area (Å²) in [4.78, 5) is 24.3. The first-order valence-corrected chi connectivity index (χ1v) is 2.24. The first-order valence-electron chi connectivity index (χ1n) is 0.748. The molecule has 48 valence electrons. The molecule has 0 atom stereocenters. The van der Waals surface area contributed by atoms with Crippen LogP contribution in [0.2, 0.25) is 0 Å². The average molecular weight is 197 g/mol. The van der Waals surface area contributed by atoms with Crippen LogP contribution in [0, 0.1) is 0 Å². The van der Waals surface area contributed by atoms with Gasteiger partial charge in [0, 0.05) is 0 Å². The second kappa shape index (κ2) is 7.65. The second-order valence-corrected chi connectivity index (χ2v) is 1.41. The minimum Gasteiger partial charge on any atom is -0.790 e. The van der Waals surface area contributed by atoms with Crippen LogP contribution in [0.25, 0.3) is 0 Å².